The molecule has 2 N–H and O–H groups in total. The van der Waals surface area contributed by atoms with Gasteiger partial charge in [-0.3, -0.25) is 0 Å². The normalized spacial score (nSPS) is 16.6. The van der Waals surface area contributed by atoms with Gasteiger partial charge in [0, 0.05) is 17.0 Å². The van der Waals surface area contributed by atoms with Gasteiger partial charge in [0.15, 0.2) is 0 Å². The van der Waals surface area contributed by atoms with Crippen molar-refractivity contribution in [3.8, 4) is 5.88 Å². The van der Waals surface area contributed by atoms with Crippen LogP contribution in [0.15, 0.2) is 30.3 Å². The second-order valence-corrected chi connectivity index (χ2v) is 6.06. The summed E-state index contributed by atoms with van der Waals surface area (Å²) in [5, 5.41) is 0.984. The number of hydrogen-bond acceptors (Lipinski definition) is 3. The molecule has 110 valence electrons. The van der Waals surface area contributed by atoms with Crippen LogP contribution in [0.1, 0.15) is 44.1 Å². The van der Waals surface area contributed by atoms with Gasteiger partial charge in [0.2, 0.25) is 5.88 Å². The molecule has 0 spiro atoms. The molecule has 0 saturated heterocycles. The largest absolute Gasteiger partial charge is 0.474 e. The summed E-state index contributed by atoms with van der Waals surface area (Å²) in [7, 11) is 0. The Morgan fingerprint density at radius 3 is 2.57 bits per heavy atom. The van der Waals surface area contributed by atoms with Crippen molar-refractivity contribution >= 4 is 28.1 Å². The molecule has 1 aliphatic rings. The summed E-state index contributed by atoms with van der Waals surface area (Å²) in [6, 6.07) is 9.78. The number of para-hydroxylation sites is 1. The highest BCUT2D eigenvalue weighted by molar-refractivity contribution is 7.80. The number of aromatic nitrogens is 1. The van der Waals surface area contributed by atoms with Crippen LogP contribution in [0.3, 0.4) is 0 Å². The Kier molecular flexibility index (Phi) is 4.34. The van der Waals surface area contributed by atoms with Gasteiger partial charge in [-0.15, -0.1) is 0 Å². The molecule has 3 rings (SSSR count). The molecule has 4 heteroatoms. The molecule has 2 aromatic rings. The predicted octanol–water partition coefficient (Wildman–Crippen LogP) is 3.97. The maximum Gasteiger partial charge on any atom is 0.214 e. The highest BCUT2D eigenvalue weighted by Crippen LogP contribution is 2.26. The van der Waals surface area contributed by atoms with Gasteiger partial charge in [0.25, 0.3) is 0 Å². The van der Waals surface area contributed by atoms with Gasteiger partial charge in [-0.05, 0) is 31.7 Å². The Morgan fingerprint density at radius 2 is 1.86 bits per heavy atom. The van der Waals surface area contributed by atoms with Crippen LogP contribution in [0.2, 0.25) is 0 Å². The number of rotatable bonds is 3. The van der Waals surface area contributed by atoms with Crippen LogP contribution < -0.4 is 10.5 Å². The van der Waals surface area contributed by atoms with E-state index in [1.165, 1.54) is 25.7 Å². The number of nitrogens with two attached hydrogens (primary N) is 1. The quantitative estimate of drug-likeness (QED) is 0.688. The molecule has 1 fully saturated rings. The Morgan fingerprint density at radius 1 is 1.14 bits per heavy atom. The van der Waals surface area contributed by atoms with Gasteiger partial charge in [0.05, 0.1) is 5.52 Å². The van der Waals surface area contributed by atoms with E-state index < -0.39 is 0 Å². The topological polar surface area (TPSA) is 48.1 Å². The van der Waals surface area contributed by atoms with Crippen molar-refractivity contribution in [3.05, 3.63) is 35.9 Å². The third-order valence-corrected chi connectivity index (χ3v) is 4.27. The Labute approximate surface area is 130 Å². The molecular weight excluding hydrogens is 280 g/mol. The van der Waals surface area contributed by atoms with Crippen molar-refractivity contribution in [1.29, 1.82) is 0 Å². The average Bonchev–Trinajstić information content (AvgIpc) is 2.75. The van der Waals surface area contributed by atoms with E-state index in [-0.39, 0.29) is 6.10 Å². The fraction of sp³-hybridized carbons (Fsp3) is 0.412. The molecule has 0 unspecified atom stereocenters. The van der Waals surface area contributed by atoms with E-state index in [9.17, 15) is 0 Å². The van der Waals surface area contributed by atoms with Crippen molar-refractivity contribution in [2.45, 2.75) is 44.6 Å². The molecular formula is C17H20N2OS. The van der Waals surface area contributed by atoms with Crippen LogP contribution in [-0.2, 0) is 0 Å². The van der Waals surface area contributed by atoms with Gasteiger partial charge < -0.3 is 10.5 Å². The van der Waals surface area contributed by atoms with E-state index in [0.717, 1.165) is 29.3 Å². The van der Waals surface area contributed by atoms with Crippen LogP contribution in [0.25, 0.3) is 10.9 Å². The van der Waals surface area contributed by atoms with E-state index in [1.807, 2.05) is 30.3 Å². The van der Waals surface area contributed by atoms with Crippen LogP contribution in [0.5, 0.6) is 5.88 Å². The lowest BCUT2D eigenvalue weighted by Gasteiger charge is -2.17. The predicted molar refractivity (Wildman–Crippen MR) is 89.7 cm³/mol. The van der Waals surface area contributed by atoms with Crippen molar-refractivity contribution in [1.82, 2.24) is 4.98 Å². The zero-order valence-electron chi connectivity index (χ0n) is 12.0. The third kappa shape index (κ3) is 3.32. The zero-order chi connectivity index (χ0) is 14.7. The monoisotopic (exact) mass is 300 g/mol. The number of ether oxygens (including phenoxy) is 1. The fourth-order valence-electron chi connectivity index (χ4n) is 2.95. The van der Waals surface area contributed by atoms with Crippen molar-refractivity contribution in [2.24, 2.45) is 5.73 Å². The number of thiocarbonyl (C=S) groups is 1. The van der Waals surface area contributed by atoms with E-state index >= 15 is 0 Å². The molecule has 21 heavy (non-hydrogen) atoms. The lowest BCUT2D eigenvalue weighted by molar-refractivity contribution is 0.177. The Balaban J connectivity index is 1.93. The molecule has 1 heterocycles. The molecule has 1 saturated carbocycles. The van der Waals surface area contributed by atoms with Crippen molar-refractivity contribution in [2.75, 3.05) is 0 Å². The number of pyridine rings is 1. The molecule has 0 radical (unpaired) electrons. The van der Waals surface area contributed by atoms with E-state index in [1.54, 1.807) is 0 Å². The summed E-state index contributed by atoms with van der Waals surface area (Å²) < 4.78 is 6.11. The van der Waals surface area contributed by atoms with Gasteiger partial charge in [-0.2, -0.15) is 0 Å². The fourth-order valence-corrected chi connectivity index (χ4v) is 3.11. The highest BCUT2D eigenvalue weighted by atomic mass is 32.1. The van der Waals surface area contributed by atoms with E-state index in [2.05, 4.69) is 4.98 Å². The van der Waals surface area contributed by atoms with Gasteiger partial charge >= 0.3 is 0 Å². The maximum atomic E-state index is 6.11. The average molecular weight is 300 g/mol. The summed E-state index contributed by atoms with van der Waals surface area (Å²) in [5.41, 5.74) is 7.58. The summed E-state index contributed by atoms with van der Waals surface area (Å²) in [6.45, 7) is 0. The van der Waals surface area contributed by atoms with E-state index in [4.69, 9.17) is 22.7 Å². The first-order valence-electron chi connectivity index (χ1n) is 7.60. The van der Waals surface area contributed by atoms with Crippen molar-refractivity contribution in [3.63, 3.8) is 0 Å². The summed E-state index contributed by atoms with van der Waals surface area (Å²) in [4.78, 5) is 4.99. The van der Waals surface area contributed by atoms with Crippen LogP contribution in [-0.4, -0.2) is 16.1 Å². The lowest BCUT2D eigenvalue weighted by Crippen LogP contribution is -2.17. The number of benzene rings is 1. The molecule has 1 aromatic carbocycles. The van der Waals surface area contributed by atoms with Crippen LogP contribution >= 0.6 is 12.2 Å². The Bertz CT molecular complexity index is 648. The molecule has 1 aliphatic carbocycles. The standard InChI is InChI=1S/C17H20N2OS/c18-17(21)14-11-16(19-15-10-6-5-9-13(14)15)20-12-7-3-1-2-4-8-12/h5-6,9-12H,1-4,7-8H2,(H2,18,21). The maximum absolute atomic E-state index is 6.11. The lowest BCUT2D eigenvalue weighted by atomic mass is 10.1. The molecule has 1 aromatic heterocycles. The first-order valence-corrected chi connectivity index (χ1v) is 8.01. The molecule has 3 nitrogen and oxygen atoms in total. The number of nitrogens with zero attached hydrogens (tertiary/aromatic N) is 1. The summed E-state index contributed by atoms with van der Waals surface area (Å²) in [5.74, 6) is 0.642. The second-order valence-electron chi connectivity index (χ2n) is 5.62. The third-order valence-electron chi connectivity index (χ3n) is 4.05. The van der Waals surface area contributed by atoms with Crippen molar-refractivity contribution < 1.29 is 4.74 Å². The number of fused-ring (bicyclic) bond motifs is 1. The minimum absolute atomic E-state index is 0.264. The second kappa shape index (κ2) is 6.39. The van der Waals surface area contributed by atoms with Gasteiger partial charge in [-0.1, -0.05) is 43.3 Å². The smallest absolute Gasteiger partial charge is 0.214 e. The molecule has 0 bridgehead atoms. The SMILES string of the molecule is NC(=S)c1cc(OC2CCCCCC2)nc2ccccc12. The number of hydrogen-bond donors (Lipinski definition) is 1. The van der Waals surface area contributed by atoms with Crippen LogP contribution in [0, 0.1) is 0 Å². The van der Waals surface area contributed by atoms with E-state index in [0.29, 0.717) is 10.9 Å². The zero-order valence-corrected chi connectivity index (χ0v) is 12.9. The summed E-state index contributed by atoms with van der Waals surface area (Å²) >= 11 is 5.17. The highest BCUT2D eigenvalue weighted by Gasteiger charge is 2.16. The van der Waals surface area contributed by atoms with Gasteiger partial charge in [-0.25, -0.2) is 4.98 Å². The molecule has 0 atom stereocenters. The first-order chi connectivity index (χ1) is 10.2. The van der Waals surface area contributed by atoms with Crippen LogP contribution in [0.4, 0.5) is 0 Å². The molecule has 0 aliphatic heterocycles. The Hall–Kier alpha value is -1.68. The minimum Gasteiger partial charge on any atom is -0.474 e. The summed E-state index contributed by atoms with van der Waals surface area (Å²) in [6.07, 6.45) is 7.57. The minimum atomic E-state index is 0.264. The first kappa shape index (κ1) is 14.3. The molecule has 0 amide bonds. The van der Waals surface area contributed by atoms with Gasteiger partial charge in [0.1, 0.15) is 11.1 Å².